The molecule has 0 unspecified atom stereocenters. The Morgan fingerprint density at radius 3 is 2.43 bits per heavy atom. The van der Waals surface area contributed by atoms with E-state index in [4.69, 9.17) is 35.7 Å². The molecule has 2 N–H and O–H groups in total. The molecule has 0 aliphatic carbocycles. The molecular weight excluding hydrogens is 554 g/mol. The second kappa shape index (κ2) is 12.1. The molecule has 0 amide bonds. The van der Waals surface area contributed by atoms with Crippen molar-refractivity contribution in [3.63, 3.8) is 0 Å². The number of hydrogen-bond donors (Lipinski definition) is 1. The van der Waals surface area contributed by atoms with E-state index in [0.29, 0.717) is 58.2 Å². The maximum atomic E-state index is 10.2. The number of ether oxygens (including phenoxy) is 4. The summed E-state index contributed by atoms with van der Waals surface area (Å²) in [4.78, 5) is 12.7. The highest BCUT2D eigenvalue weighted by atomic mass is 32.2. The van der Waals surface area contributed by atoms with Gasteiger partial charge in [-0.25, -0.2) is 14.8 Å². The van der Waals surface area contributed by atoms with Crippen molar-refractivity contribution >= 4 is 23.3 Å². The zero-order chi connectivity index (χ0) is 29.9. The van der Waals surface area contributed by atoms with Gasteiger partial charge in [-0.1, -0.05) is 23.9 Å². The standard InChI is InChI=1S/C31H29N5O5S/c1-18-25(35-29(40-18)20-8-10-21(37-5)11-9-20)17-42-30-24(14-32)26(27(34-4)28(33)36-30)19-6-12-22(13-7-19)38-15-23-16-39-31(2,3)41-23/h6-13,23H,15-17H2,1-3,5H3,(H2,33,36)/t23-/m1/s1. The van der Waals surface area contributed by atoms with Crippen LogP contribution in [0.2, 0.25) is 0 Å². The molecule has 0 radical (unpaired) electrons. The summed E-state index contributed by atoms with van der Waals surface area (Å²) < 4.78 is 28.4. The van der Waals surface area contributed by atoms with Crippen LogP contribution in [0.4, 0.5) is 11.5 Å². The minimum Gasteiger partial charge on any atom is -0.497 e. The SMILES string of the molecule is [C-]#[N+]c1c(N)nc(SCc2nc(-c3ccc(OC)cc3)oc2C)c(C#N)c1-c1ccc(OC[C@@H]2COC(C)(C)O2)cc1. The Hall–Kier alpha value is -4.55. The topological polar surface area (TPSA) is 130 Å². The molecule has 1 aliphatic rings. The number of methoxy groups -OCH3 is 1. The lowest BCUT2D eigenvalue weighted by Crippen LogP contribution is -2.25. The molecule has 0 spiro atoms. The highest BCUT2D eigenvalue weighted by Crippen LogP contribution is 2.42. The maximum Gasteiger partial charge on any atom is 0.236 e. The van der Waals surface area contributed by atoms with Gasteiger partial charge in [0.25, 0.3) is 0 Å². The van der Waals surface area contributed by atoms with E-state index in [2.05, 4.69) is 20.9 Å². The number of oxazole rings is 1. The van der Waals surface area contributed by atoms with Crippen molar-refractivity contribution in [2.75, 3.05) is 26.1 Å². The van der Waals surface area contributed by atoms with Crippen LogP contribution in [-0.2, 0) is 15.2 Å². The van der Waals surface area contributed by atoms with Crippen LogP contribution < -0.4 is 15.2 Å². The van der Waals surface area contributed by atoms with E-state index < -0.39 is 5.79 Å². The van der Waals surface area contributed by atoms with Gasteiger partial charge in [-0.15, -0.1) is 0 Å². The zero-order valence-electron chi connectivity index (χ0n) is 23.6. The van der Waals surface area contributed by atoms with Gasteiger partial charge >= 0.3 is 0 Å². The number of anilines is 1. The van der Waals surface area contributed by atoms with E-state index in [1.165, 1.54) is 11.8 Å². The fraction of sp³-hybridized carbons (Fsp3) is 0.290. The Labute approximate surface area is 248 Å². The molecule has 2 aromatic heterocycles. The highest BCUT2D eigenvalue weighted by Gasteiger charge is 2.33. The second-order valence-corrected chi connectivity index (χ2v) is 10.9. The second-order valence-electron chi connectivity index (χ2n) is 9.95. The van der Waals surface area contributed by atoms with Gasteiger partial charge < -0.3 is 29.1 Å². The predicted octanol–water partition coefficient (Wildman–Crippen LogP) is 6.55. The summed E-state index contributed by atoms with van der Waals surface area (Å²) in [5, 5.41) is 10.6. The van der Waals surface area contributed by atoms with E-state index in [0.717, 1.165) is 11.3 Å². The van der Waals surface area contributed by atoms with Crippen LogP contribution in [-0.4, -0.2) is 42.2 Å². The summed E-state index contributed by atoms with van der Waals surface area (Å²) in [5.41, 5.74) is 9.24. The minimum atomic E-state index is -0.621. The summed E-state index contributed by atoms with van der Waals surface area (Å²) in [5.74, 6) is 2.33. The lowest BCUT2D eigenvalue weighted by atomic mass is 10.00. The van der Waals surface area contributed by atoms with E-state index in [-0.39, 0.29) is 23.2 Å². The molecule has 0 bridgehead atoms. The normalized spacial score (nSPS) is 15.6. The molecule has 1 fully saturated rings. The number of nitrogens with zero attached hydrogens (tertiary/aromatic N) is 4. The molecule has 2 aromatic carbocycles. The lowest BCUT2D eigenvalue weighted by Gasteiger charge is -2.17. The summed E-state index contributed by atoms with van der Waals surface area (Å²) in [7, 11) is 1.61. The van der Waals surface area contributed by atoms with Gasteiger partial charge in [0.15, 0.2) is 5.79 Å². The number of pyridine rings is 1. The molecule has 1 saturated heterocycles. The fourth-order valence-corrected chi connectivity index (χ4v) is 5.48. The Bertz CT molecular complexity index is 1670. The van der Waals surface area contributed by atoms with Crippen LogP contribution in [0.1, 0.15) is 30.9 Å². The van der Waals surface area contributed by atoms with Gasteiger partial charge in [0, 0.05) is 16.9 Å². The Balaban J connectivity index is 1.36. The monoisotopic (exact) mass is 583 g/mol. The molecule has 1 atom stereocenters. The average Bonchev–Trinajstić information content (AvgIpc) is 3.55. The van der Waals surface area contributed by atoms with Crippen molar-refractivity contribution in [3.05, 3.63) is 77.0 Å². The first-order valence-electron chi connectivity index (χ1n) is 13.1. The van der Waals surface area contributed by atoms with Crippen LogP contribution >= 0.6 is 11.8 Å². The molecule has 5 rings (SSSR count). The number of thioether (sulfide) groups is 1. The molecule has 11 heteroatoms. The van der Waals surface area contributed by atoms with Crippen LogP contribution in [0.5, 0.6) is 11.5 Å². The fourth-order valence-electron chi connectivity index (χ4n) is 4.48. The molecule has 1 aliphatic heterocycles. The third-order valence-electron chi connectivity index (χ3n) is 6.61. The summed E-state index contributed by atoms with van der Waals surface area (Å²) in [6.07, 6.45) is -0.168. The Morgan fingerprint density at radius 1 is 1.12 bits per heavy atom. The van der Waals surface area contributed by atoms with Crippen molar-refractivity contribution in [2.24, 2.45) is 0 Å². The molecule has 214 valence electrons. The zero-order valence-corrected chi connectivity index (χ0v) is 24.4. The van der Waals surface area contributed by atoms with Crippen LogP contribution in [0.25, 0.3) is 27.4 Å². The number of nitrogens with two attached hydrogens (primary N) is 1. The number of aryl methyl sites for hydroxylation is 1. The van der Waals surface area contributed by atoms with Crippen LogP contribution in [0, 0.1) is 24.8 Å². The van der Waals surface area contributed by atoms with Crippen molar-refractivity contribution < 1.29 is 23.4 Å². The van der Waals surface area contributed by atoms with Crippen molar-refractivity contribution in [3.8, 4) is 40.1 Å². The van der Waals surface area contributed by atoms with E-state index >= 15 is 0 Å². The molecule has 4 aromatic rings. The molecular formula is C31H29N5O5S. The average molecular weight is 584 g/mol. The number of hydrogen-bond acceptors (Lipinski definition) is 10. The predicted molar refractivity (Wildman–Crippen MR) is 158 cm³/mol. The van der Waals surface area contributed by atoms with E-state index in [9.17, 15) is 5.26 Å². The first-order chi connectivity index (χ1) is 20.2. The molecule has 42 heavy (non-hydrogen) atoms. The van der Waals surface area contributed by atoms with Crippen molar-refractivity contribution in [1.82, 2.24) is 9.97 Å². The number of rotatable bonds is 9. The lowest BCUT2D eigenvalue weighted by molar-refractivity contribution is -0.141. The van der Waals surface area contributed by atoms with Crippen LogP contribution in [0.3, 0.4) is 0 Å². The van der Waals surface area contributed by atoms with Gasteiger partial charge in [0.05, 0.1) is 31.5 Å². The van der Waals surface area contributed by atoms with E-state index in [1.807, 2.05) is 45.0 Å². The maximum absolute atomic E-state index is 10.2. The largest absolute Gasteiger partial charge is 0.497 e. The van der Waals surface area contributed by atoms with Crippen molar-refractivity contribution in [1.29, 1.82) is 5.26 Å². The number of benzene rings is 2. The minimum absolute atomic E-state index is 0.0543. The smallest absolute Gasteiger partial charge is 0.236 e. The summed E-state index contributed by atoms with van der Waals surface area (Å²) >= 11 is 1.31. The number of nitriles is 1. The van der Waals surface area contributed by atoms with Gasteiger partial charge in [0.1, 0.15) is 46.9 Å². The summed E-state index contributed by atoms with van der Waals surface area (Å²) in [6.45, 7) is 14.1. The number of aromatic nitrogens is 2. The van der Waals surface area contributed by atoms with Gasteiger partial charge in [-0.2, -0.15) is 5.26 Å². The van der Waals surface area contributed by atoms with Gasteiger partial charge in [0.2, 0.25) is 11.6 Å². The molecule has 0 saturated carbocycles. The first kappa shape index (κ1) is 29.0. The number of nitrogen functional groups attached to an aromatic ring is 1. The Morgan fingerprint density at radius 2 is 1.81 bits per heavy atom. The van der Waals surface area contributed by atoms with Crippen molar-refractivity contribution in [2.45, 2.75) is 43.4 Å². The third kappa shape index (κ3) is 6.19. The van der Waals surface area contributed by atoms with Crippen LogP contribution in [0.15, 0.2) is 58.0 Å². The van der Waals surface area contributed by atoms with E-state index in [1.54, 1.807) is 31.4 Å². The quantitative estimate of drug-likeness (QED) is 0.171. The van der Waals surface area contributed by atoms with Gasteiger partial charge in [-0.05, 0) is 62.7 Å². The van der Waals surface area contributed by atoms with Gasteiger partial charge in [-0.3, -0.25) is 0 Å². The Kier molecular flexibility index (Phi) is 8.36. The molecule has 10 nitrogen and oxygen atoms in total. The molecule has 3 heterocycles. The summed E-state index contributed by atoms with van der Waals surface area (Å²) in [6, 6.07) is 16.8. The first-order valence-corrected chi connectivity index (χ1v) is 14.1. The highest BCUT2D eigenvalue weighted by molar-refractivity contribution is 7.98. The third-order valence-corrected chi connectivity index (χ3v) is 7.60.